The van der Waals surface area contributed by atoms with Crippen LogP contribution in [0.5, 0.6) is 17.2 Å². The summed E-state index contributed by atoms with van der Waals surface area (Å²) in [5.74, 6) is 0.933. The minimum Gasteiger partial charge on any atom is -0.504 e. The molecule has 1 heterocycles. The zero-order valence-corrected chi connectivity index (χ0v) is 9.81. The van der Waals surface area contributed by atoms with E-state index in [1.165, 1.54) is 0 Å². The van der Waals surface area contributed by atoms with Gasteiger partial charge in [-0.3, -0.25) is 0 Å². The molecule has 0 radical (unpaired) electrons. The molecule has 5 heteroatoms. The summed E-state index contributed by atoms with van der Waals surface area (Å²) >= 11 is 0. The predicted molar refractivity (Wildman–Crippen MR) is 62.7 cm³/mol. The lowest BCUT2D eigenvalue weighted by Gasteiger charge is -2.15. The molecule has 1 aromatic carbocycles. The molecule has 0 spiro atoms. The maximum absolute atomic E-state index is 10.5. The molecule has 0 amide bonds. The van der Waals surface area contributed by atoms with Crippen LogP contribution in [0, 0.1) is 0 Å². The maximum atomic E-state index is 10.5. The minimum absolute atomic E-state index is 0.0332. The van der Waals surface area contributed by atoms with Gasteiger partial charge in [0.25, 0.3) is 0 Å². The van der Waals surface area contributed by atoms with Crippen molar-refractivity contribution in [3.8, 4) is 17.2 Å². The predicted octanol–water partition coefficient (Wildman–Crippen LogP) is 1.88. The van der Waals surface area contributed by atoms with Gasteiger partial charge in [0.2, 0.25) is 11.8 Å². The minimum atomic E-state index is -0.601. The molecule has 0 atom stereocenters. The molecule has 3 rings (SSSR count). The van der Waals surface area contributed by atoms with Gasteiger partial charge in [-0.05, 0) is 25.0 Å². The molecule has 1 fully saturated rings. The summed E-state index contributed by atoms with van der Waals surface area (Å²) in [6, 6.07) is 3.51. The average molecular weight is 247 g/mol. The molecule has 0 bridgehead atoms. The Kier molecular flexibility index (Phi) is 2.49. The van der Waals surface area contributed by atoms with Crippen molar-refractivity contribution in [2.45, 2.75) is 24.8 Å². The molecule has 18 heavy (non-hydrogen) atoms. The van der Waals surface area contributed by atoms with Crippen molar-refractivity contribution >= 4 is 6.08 Å². The summed E-state index contributed by atoms with van der Waals surface area (Å²) in [7, 11) is 0. The number of phenolic OH excluding ortho intramolecular Hbond substituents is 1. The fraction of sp³-hybridized carbons (Fsp3) is 0.462. The Morgan fingerprint density at radius 3 is 2.78 bits per heavy atom. The van der Waals surface area contributed by atoms with Gasteiger partial charge in [0.15, 0.2) is 11.5 Å². The average Bonchev–Trinajstić information content (AvgIpc) is 3.14. The van der Waals surface area contributed by atoms with E-state index < -0.39 is 5.54 Å². The third-order valence-electron chi connectivity index (χ3n) is 3.37. The fourth-order valence-electron chi connectivity index (χ4n) is 2.24. The van der Waals surface area contributed by atoms with E-state index in [1.54, 1.807) is 18.2 Å². The second-order valence-corrected chi connectivity index (χ2v) is 4.57. The van der Waals surface area contributed by atoms with Crippen LogP contribution < -0.4 is 9.47 Å². The number of ether oxygens (including phenoxy) is 2. The molecule has 1 saturated carbocycles. The van der Waals surface area contributed by atoms with Crippen molar-refractivity contribution < 1.29 is 19.4 Å². The summed E-state index contributed by atoms with van der Waals surface area (Å²) in [5, 5.41) is 10.3. The van der Waals surface area contributed by atoms with Crippen LogP contribution in [0.3, 0.4) is 0 Å². The van der Waals surface area contributed by atoms with Gasteiger partial charge in [-0.25, -0.2) is 4.79 Å². The highest BCUT2D eigenvalue weighted by molar-refractivity contribution is 5.59. The monoisotopic (exact) mass is 247 g/mol. The van der Waals surface area contributed by atoms with Crippen LogP contribution in [0.2, 0.25) is 0 Å². The summed E-state index contributed by atoms with van der Waals surface area (Å²) in [6.07, 6.45) is 3.85. The molecule has 0 saturated heterocycles. The lowest BCUT2D eigenvalue weighted by Crippen LogP contribution is -2.04. The molecular formula is C13H13NO4. The highest BCUT2D eigenvalue weighted by atomic mass is 16.5. The zero-order chi connectivity index (χ0) is 12.6. The molecule has 0 aromatic heterocycles. The van der Waals surface area contributed by atoms with Crippen LogP contribution in [0.1, 0.15) is 24.8 Å². The van der Waals surface area contributed by atoms with Crippen molar-refractivity contribution in [2.75, 3.05) is 13.2 Å². The van der Waals surface area contributed by atoms with E-state index in [2.05, 4.69) is 4.99 Å². The number of fused-ring (bicyclic) bond motifs is 1. The SMILES string of the molecule is O=C=NC1(c2ccc3c(c2O)OCCCO3)CC1. The largest absolute Gasteiger partial charge is 0.504 e. The van der Waals surface area contributed by atoms with E-state index in [4.69, 9.17) is 9.47 Å². The lowest BCUT2D eigenvalue weighted by atomic mass is 10.0. The zero-order valence-electron chi connectivity index (χ0n) is 9.81. The second kappa shape index (κ2) is 4.03. The Bertz CT molecular complexity index is 530. The summed E-state index contributed by atoms with van der Waals surface area (Å²) in [4.78, 5) is 14.3. The summed E-state index contributed by atoms with van der Waals surface area (Å²) in [5.41, 5.74) is 0.0198. The van der Waals surface area contributed by atoms with E-state index in [0.29, 0.717) is 30.3 Å². The number of rotatable bonds is 2. The number of hydrogen-bond acceptors (Lipinski definition) is 5. The van der Waals surface area contributed by atoms with E-state index in [9.17, 15) is 9.90 Å². The van der Waals surface area contributed by atoms with E-state index in [1.807, 2.05) is 0 Å². The van der Waals surface area contributed by atoms with E-state index in [0.717, 1.165) is 19.3 Å². The van der Waals surface area contributed by atoms with E-state index >= 15 is 0 Å². The molecule has 1 aliphatic carbocycles. The Morgan fingerprint density at radius 2 is 2.06 bits per heavy atom. The van der Waals surface area contributed by atoms with Crippen molar-refractivity contribution in [1.82, 2.24) is 0 Å². The van der Waals surface area contributed by atoms with Gasteiger partial charge in [0.05, 0.1) is 13.2 Å². The number of isocyanates is 1. The van der Waals surface area contributed by atoms with Crippen LogP contribution in [-0.4, -0.2) is 24.4 Å². The van der Waals surface area contributed by atoms with Crippen LogP contribution in [0.15, 0.2) is 17.1 Å². The van der Waals surface area contributed by atoms with Gasteiger partial charge < -0.3 is 14.6 Å². The quantitative estimate of drug-likeness (QED) is 0.640. The summed E-state index contributed by atoms with van der Waals surface area (Å²) < 4.78 is 11.0. The number of carbonyl (C=O) groups excluding carboxylic acids is 1. The normalized spacial score (nSPS) is 19.6. The third-order valence-corrected chi connectivity index (χ3v) is 3.37. The first-order valence-corrected chi connectivity index (χ1v) is 5.98. The van der Waals surface area contributed by atoms with Crippen LogP contribution >= 0.6 is 0 Å². The molecule has 5 nitrogen and oxygen atoms in total. The standard InChI is InChI=1S/C13H13NO4/c15-8-14-13(4-5-13)9-2-3-10-12(11(9)16)18-7-1-6-17-10/h2-3,16H,1,4-7H2. The number of aliphatic imine (C=N–C) groups is 1. The van der Waals surface area contributed by atoms with E-state index in [-0.39, 0.29) is 5.75 Å². The smallest absolute Gasteiger partial charge is 0.235 e. The van der Waals surface area contributed by atoms with Crippen molar-refractivity contribution in [3.63, 3.8) is 0 Å². The van der Waals surface area contributed by atoms with Crippen molar-refractivity contribution in [3.05, 3.63) is 17.7 Å². The molecule has 0 unspecified atom stereocenters. The number of benzene rings is 1. The highest BCUT2D eigenvalue weighted by Crippen LogP contribution is 2.55. The first-order chi connectivity index (χ1) is 8.77. The van der Waals surface area contributed by atoms with Crippen LogP contribution in [0.4, 0.5) is 0 Å². The van der Waals surface area contributed by atoms with Crippen molar-refractivity contribution in [1.29, 1.82) is 0 Å². The van der Waals surface area contributed by atoms with Gasteiger partial charge in [-0.15, -0.1) is 0 Å². The van der Waals surface area contributed by atoms with Crippen LogP contribution in [0.25, 0.3) is 0 Å². The maximum Gasteiger partial charge on any atom is 0.235 e. The fourth-order valence-corrected chi connectivity index (χ4v) is 2.24. The topological polar surface area (TPSA) is 68.1 Å². The summed E-state index contributed by atoms with van der Waals surface area (Å²) in [6.45, 7) is 1.08. The Hall–Kier alpha value is -2.00. The molecule has 1 N–H and O–H groups in total. The van der Waals surface area contributed by atoms with Crippen molar-refractivity contribution in [2.24, 2.45) is 4.99 Å². The second-order valence-electron chi connectivity index (χ2n) is 4.57. The number of nitrogens with zero attached hydrogens (tertiary/aromatic N) is 1. The third kappa shape index (κ3) is 1.64. The first-order valence-electron chi connectivity index (χ1n) is 5.98. The van der Waals surface area contributed by atoms with Gasteiger partial charge >= 0.3 is 0 Å². The number of hydrogen-bond donors (Lipinski definition) is 1. The lowest BCUT2D eigenvalue weighted by molar-refractivity contribution is 0.290. The Labute approximate surface area is 104 Å². The molecule has 2 aliphatic rings. The van der Waals surface area contributed by atoms with Gasteiger partial charge in [-0.1, -0.05) is 0 Å². The number of phenols is 1. The molecule has 94 valence electrons. The highest BCUT2D eigenvalue weighted by Gasteiger charge is 2.47. The van der Waals surface area contributed by atoms with Gasteiger partial charge in [0.1, 0.15) is 5.54 Å². The Balaban J connectivity index is 2.08. The molecule has 1 aliphatic heterocycles. The van der Waals surface area contributed by atoms with Gasteiger partial charge in [-0.2, -0.15) is 4.99 Å². The molecule has 1 aromatic rings. The Morgan fingerprint density at radius 1 is 1.28 bits per heavy atom. The molecular weight excluding hydrogens is 234 g/mol. The van der Waals surface area contributed by atoms with Gasteiger partial charge in [0, 0.05) is 12.0 Å². The first kappa shape index (κ1) is 11.1. The number of aromatic hydroxyl groups is 1. The van der Waals surface area contributed by atoms with Crippen LogP contribution in [-0.2, 0) is 10.3 Å².